The lowest BCUT2D eigenvalue weighted by atomic mass is 10.1. The van der Waals surface area contributed by atoms with Crippen molar-refractivity contribution in [2.75, 3.05) is 20.3 Å². The Hall–Kier alpha value is -1.64. The normalized spacial score (nSPS) is 17.4. The molecule has 1 atom stereocenters. The number of ether oxygens (including phenoxy) is 1. The molecule has 1 aromatic heterocycles. The van der Waals surface area contributed by atoms with Crippen LogP contribution in [-0.4, -0.2) is 49.2 Å². The molecule has 1 aliphatic rings. The predicted octanol–water partition coefficient (Wildman–Crippen LogP) is 4.87. The molecule has 1 aliphatic heterocycles. The van der Waals surface area contributed by atoms with Gasteiger partial charge in [0.1, 0.15) is 16.0 Å². The van der Waals surface area contributed by atoms with E-state index >= 15 is 0 Å². The second-order valence-corrected chi connectivity index (χ2v) is 14.7. The van der Waals surface area contributed by atoms with Gasteiger partial charge < -0.3 is 14.1 Å². The summed E-state index contributed by atoms with van der Waals surface area (Å²) in [6, 6.07) is 9.61. The van der Waals surface area contributed by atoms with Gasteiger partial charge in [-0.1, -0.05) is 32.9 Å². The molecule has 1 aromatic carbocycles. The number of hydrogen-bond acceptors (Lipinski definition) is 4. The van der Waals surface area contributed by atoms with Crippen LogP contribution < -0.4 is 4.74 Å². The molecule has 0 unspecified atom stereocenters. The zero-order valence-electron chi connectivity index (χ0n) is 18.0. The van der Waals surface area contributed by atoms with Crippen LogP contribution in [0.1, 0.15) is 42.9 Å². The third kappa shape index (κ3) is 4.75. The van der Waals surface area contributed by atoms with E-state index in [9.17, 15) is 4.79 Å². The molecule has 2 aromatic rings. The van der Waals surface area contributed by atoms with E-state index in [1.807, 2.05) is 33.8 Å². The molecule has 0 aliphatic carbocycles. The van der Waals surface area contributed by atoms with E-state index in [4.69, 9.17) is 9.16 Å². The standard InChI is InChI=1S/C21H30BrN3O3Si/c1-21(2,3)29(5,6)28-14-16-13-24(12-15-7-9-17(27-4)10-8-15)20(26)18-11-19(22)23-25(16)18/h7-11,16H,12-14H2,1-6H3/t16-/m0/s1. The van der Waals surface area contributed by atoms with E-state index in [1.54, 1.807) is 13.2 Å². The highest BCUT2D eigenvalue weighted by Gasteiger charge is 2.39. The quantitative estimate of drug-likeness (QED) is 0.554. The first-order valence-corrected chi connectivity index (χ1v) is 13.5. The first-order chi connectivity index (χ1) is 13.5. The molecule has 0 spiro atoms. The topological polar surface area (TPSA) is 56.6 Å². The summed E-state index contributed by atoms with van der Waals surface area (Å²) < 4.78 is 14.2. The van der Waals surface area contributed by atoms with Gasteiger partial charge in [-0.25, -0.2) is 0 Å². The predicted molar refractivity (Wildman–Crippen MR) is 120 cm³/mol. The Morgan fingerprint density at radius 1 is 1.24 bits per heavy atom. The molecule has 8 heteroatoms. The number of methoxy groups -OCH3 is 1. The average Bonchev–Trinajstić information content (AvgIpc) is 3.05. The molecule has 0 saturated carbocycles. The Labute approximate surface area is 182 Å². The molecule has 0 radical (unpaired) electrons. The first-order valence-electron chi connectivity index (χ1n) is 9.83. The first kappa shape index (κ1) is 22.1. The van der Waals surface area contributed by atoms with Crippen molar-refractivity contribution in [1.29, 1.82) is 0 Å². The molecular weight excluding hydrogens is 450 g/mol. The van der Waals surface area contributed by atoms with E-state index in [0.717, 1.165) is 11.3 Å². The molecule has 6 nitrogen and oxygen atoms in total. The van der Waals surface area contributed by atoms with E-state index in [0.29, 0.717) is 30.0 Å². The van der Waals surface area contributed by atoms with Crippen molar-refractivity contribution in [2.45, 2.75) is 51.5 Å². The molecule has 0 fully saturated rings. The number of fused-ring (bicyclic) bond motifs is 1. The largest absolute Gasteiger partial charge is 0.497 e. The summed E-state index contributed by atoms with van der Waals surface area (Å²) in [4.78, 5) is 14.9. The number of carbonyl (C=O) groups excluding carboxylic acids is 1. The number of hydrogen-bond donors (Lipinski definition) is 0. The van der Waals surface area contributed by atoms with Gasteiger partial charge in [0.2, 0.25) is 0 Å². The molecule has 1 amide bonds. The van der Waals surface area contributed by atoms with E-state index in [-0.39, 0.29) is 17.0 Å². The Kier molecular flexibility index (Phi) is 6.26. The summed E-state index contributed by atoms with van der Waals surface area (Å²) in [5.41, 5.74) is 1.66. The van der Waals surface area contributed by atoms with Crippen LogP contribution >= 0.6 is 15.9 Å². The number of benzene rings is 1. The summed E-state index contributed by atoms with van der Waals surface area (Å²) in [6.07, 6.45) is 0. The van der Waals surface area contributed by atoms with Crippen LogP contribution in [0.15, 0.2) is 34.9 Å². The smallest absolute Gasteiger partial charge is 0.272 e. The van der Waals surface area contributed by atoms with Crippen LogP contribution in [-0.2, 0) is 11.0 Å². The van der Waals surface area contributed by atoms with Gasteiger partial charge in [-0.05, 0) is 51.8 Å². The maximum absolute atomic E-state index is 13.1. The lowest BCUT2D eigenvalue weighted by molar-refractivity contribution is 0.0597. The van der Waals surface area contributed by atoms with Crippen LogP contribution in [0.2, 0.25) is 18.1 Å². The van der Waals surface area contributed by atoms with Gasteiger partial charge in [0, 0.05) is 19.2 Å². The highest BCUT2D eigenvalue weighted by atomic mass is 79.9. The number of halogens is 1. The zero-order valence-corrected chi connectivity index (χ0v) is 20.6. The Morgan fingerprint density at radius 2 is 1.90 bits per heavy atom. The third-order valence-electron chi connectivity index (χ3n) is 5.96. The zero-order chi connectivity index (χ0) is 21.4. The number of rotatable bonds is 6. The lowest BCUT2D eigenvalue weighted by Crippen LogP contribution is -2.47. The lowest BCUT2D eigenvalue weighted by Gasteiger charge is -2.39. The van der Waals surface area contributed by atoms with Crippen LogP contribution in [0.25, 0.3) is 0 Å². The summed E-state index contributed by atoms with van der Waals surface area (Å²) in [6.45, 7) is 12.8. The van der Waals surface area contributed by atoms with Crippen molar-refractivity contribution in [3.05, 3.63) is 46.2 Å². The van der Waals surface area contributed by atoms with Crippen molar-refractivity contribution < 1.29 is 14.0 Å². The molecular formula is C21H30BrN3O3Si. The highest BCUT2D eigenvalue weighted by molar-refractivity contribution is 9.10. The van der Waals surface area contributed by atoms with Crippen molar-refractivity contribution in [3.63, 3.8) is 0 Å². The van der Waals surface area contributed by atoms with Crippen molar-refractivity contribution in [1.82, 2.24) is 14.7 Å². The monoisotopic (exact) mass is 479 g/mol. The van der Waals surface area contributed by atoms with Crippen LogP contribution in [0.4, 0.5) is 0 Å². The Balaban J connectivity index is 1.81. The molecule has 0 N–H and O–H groups in total. The molecule has 3 rings (SSSR count). The van der Waals surface area contributed by atoms with Crippen LogP contribution in [0.3, 0.4) is 0 Å². The third-order valence-corrected chi connectivity index (χ3v) is 10.9. The average molecular weight is 480 g/mol. The number of aromatic nitrogens is 2. The molecule has 0 saturated heterocycles. The van der Waals surface area contributed by atoms with Crippen molar-refractivity contribution >= 4 is 30.2 Å². The van der Waals surface area contributed by atoms with Gasteiger partial charge in [0.25, 0.3) is 5.91 Å². The summed E-state index contributed by atoms with van der Waals surface area (Å²) in [5.74, 6) is 0.795. The molecule has 158 valence electrons. The van der Waals surface area contributed by atoms with Gasteiger partial charge in [0.05, 0.1) is 19.8 Å². The van der Waals surface area contributed by atoms with Gasteiger partial charge in [0.15, 0.2) is 8.32 Å². The highest BCUT2D eigenvalue weighted by Crippen LogP contribution is 2.37. The van der Waals surface area contributed by atoms with Gasteiger partial charge in [-0.3, -0.25) is 9.48 Å². The molecule has 29 heavy (non-hydrogen) atoms. The summed E-state index contributed by atoms with van der Waals surface area (Å²) >= 11 is 3.42. The second-order valence-electron chi connectivity index (χ2n) is 9.06. The minimum absolute atomic E-state index is 0.0115. The maximum atomic E-state index is 13.1. The van der Waals surface area contributed by atoms with Gasteiger partial charge in [-0.15, -0.1) is 0 Å². The van der Waals surface area contributed by atoms with Crippen molar-refractivity contribution in [2.24, 2.45) is 0 Å². The fourth-order valence-electron chi connectivity index (χ4n) is 3.11. The van der Waals surface area contributed by atoms with Crippen LogP contribution in [0.5, 0.6) is 5.75 Å². The van der Waals surface area contributed by atoms with E-state index in [2.05, 4.69) is 54.9 Å². The van der Waals surface area contributed by atoms with E-state index < -0.39 is 8.32 Å². The number of nitrogens with zero attached hydrogens (tertiary/aromatic N) is 3. The fraction of sp³-hybridized carbons (Fsp3) is 0.524. The Morgan fingerprint density at radius 3 is 2.48 bits per heavy atom. The minimum Gasteiger partial charge on any atom is -0.497 e. The minimum atomic E-state index is -1.90. The summed E-state index contributed by atoms with van der Waals surface area (Å²) in [5, 5.41) is 4.65. The summed E-state index contributed by atoms with van der Waals surface area (Å²) in [7, 11) is -0.249. The van der Waals surface area contributed by atoms with Gasteiger partial charge >= 0.3 is 0 Å². The van der Waals surface area contributed by atoms with Gasteiger partial charge in [-0.2, -0.15) is 5.10 Å². The SMILES string of the molecule is COc1ccc(CN2C[C@@H](CO[Si](C)(C)C(C)(C)C)n3nc(Br)cc3C2=O)cc1. The maximum Gasteiger partial charge on any atom is 0.272 e. The second kappa shape index (κ2) is 8.24. The number of amides is 1. The fourth-order valence-corrected chi connectivity index (χ4v) is 4.54. The molecule has 0 bridgehead atoms. The Bertz CT molecular complexity index is 874. The van der Waals surface area contributed by atoms with Crippen molar-refractivity contribution in [3.8, 4) is 5.75 Å². The van der Waals surface area contributed by atoms with E-state index in [1.165, 1.54) is 0 Å². The molecule has 2 heterocycles. The number of carbonyl (C=O) groups is 1. The van der Waals surface area contributed by atoms with Crippen LogP contribution in [0, 0.1) is 0 Å².